The van der Waals surface area contributed by atoms with Crippen LogP contribution in [-0.4, -0.2) is 65.4 Å². The molecule has 0 saturated carbocycles. The van der Waals surface area contributed by atoms with Crippen LogP contribution in [0.4, 0.5) is 0 Å². The Kier molecular flexibility index (Phi) is 10.4. The predicted molar refractivity (Wildman–Crippen MR) is 97.9 cm³/mol. The average molecular weight is 381 g/mol. The van der Waals surface area contributed by atoms with Gasteiger partial charge in [-0.2, -0.15) is 8.42 Å². The quantitative estimate of drug-likeness (QED) is 0.200. The molecule has 0 aromatic carbocycles. The number of nitrogens with two attached hydrogens (primary N) is 2. The molecule has 0 aromatic rings. The van der Waals surface area contributed by atoms with Crippen molar-refractivity contribution in [3.8, 4) is 0 Å². The van der Waals surface area contributed by atoms with E-state index in [2.05, 4.69) is 13.8 Å². The molecule has 0 amide bonds. The fraction of sp³-hybridized carbons (Fsp3) is 0.857. The molecule has 2 aliphatic heterocycles. The largest absolute Gasteiger partial charge is 0.394 e. The zero-order valence-electron chi connectivity index (χ0n) is 15.0. The summed E-state index contributed by atoms with van der Waals surface area (Å²) in [5, 5.41) is 14.3. The summed E-state index contributed by atoms with van der Waals surface area (Å²) in [4.78, 5) is 3.86. The smallest absolute Gasteiger partial charge is 0.370 e. The monoisotopic (exact) mass is 380 g/mol. The third kappa shape index (κ3) is 13.4. The highest BCUT2D eigenvalue weighted by atomic mass is 32.3. The van der Waals surface area contributed by atoms with E-state index in [9.17, 15) is 0 Å². The van der Waals surface area contributed by atoms with E-state index in [0.29, 0.717) is 0 Å². The number of nitrogens with one attached hydrogen (secondary N) is 2. The molecule has 0 aromatic heterocycles. The van der Waals surface area contributed by atoms with Crippen molar-refractivity contribution < 1.29 is 17.5 Å². The van der Waals surface area contributed by atoms with Gasteiger partial charge in [-0.15, -0.1) is 0 Å². The fourth-order valence-corrected chi connectivity index (χ4v) is 2.50. The summed E-state index contributed by atoms with van der Waals surface area (Å²) in [5.74, 6) is 2.09. The van der Waals surface area contributed by atoms with Gasteiger partial charge >= 0.3 is 10.4 Å². The number of rotatable bonds is 0. The highest BCUT2D eigenvalue weighted by Gasteiger charge is 2.16. The van der Waals surface area contributed by atoms with Gasteiger partial charge in [0.1, 0.15) is 0 Å². The minimum atomic E-state index is -4.67. The molecule has 2 rings (SSSR count). The summed E-state index contributed by atoms with van der Waals surface area (Å²) in [5.41, 5.74) is 10.6. The van der Waals surface area contributed by atoms with Gasteiger partial charge in [0, 0.05) is 26.2 Å². The second kappa shape index (κ2) is 11.1. The van der Waals surface area contributed by atoms with E-state index < -0.39 is 10.4 Å². The maximum absolute atomic E-state index is 8.74. The third-order valence-electron chi connectivity index (χ3n) is 4.25. The maximum Gasteiger partial charge on any atom is 0.394 e. The van der Waals surface area contributed by atoms with Crippen LogP contribution in [0.5, 0.6) is 0 Å². The number of likely N-dealkylation sites (tertiary alicyclic amines) is 2. The van der Waals surface area contributed by atoms with Crippen LogP contribution in [0.3, 0.4) is 0 Å². The number of hydrogen-bond acceptors (Lipinski definition) is 4. The van der Waals surface area contributed by atoms with Gasteiger partial charge in [-0.25, -0.2) is 0 Å². The van der Waals surface area contributed by atoms with E-state index >= 15 is 0 Å². The molecular formula is C14H32N6O4S. The van der Waals surface area contributed by atoms with Crippen molar-refractivity contribution in [1.82, 2.24) is 9.80 Å². The van der Waals surface area contributed by atoms with E-state index in [4.69, 9.17) is 39.8 Å². The Morgan fingerprint density at radius 1 is 0.840 bits per heavy atom. The lowest BCUT2D eigenvalue weighted by Crippen LogP contribution is -2.41. The molecule has 0 unspecified atom stereocenters. The Bertz CT molecular complexity index is 471. The summed E-state index contributed by atoms with van der Waals surface area (Å²) in [6, 6.07) is 0. The first-order chi connectivity index (χ1) is 11.4. The zero-order valence-corrected chi connectivity index (χ0v) is 15.8. The molecule has 2 fully saturated rings. The molecule has 8 N–H and O–H groups in total. The van der Waals surface area contributed by atoms with Crippen molar-refractivity contribution in [3.05, 3.63) is 0 Å². The molecule has 10 nitrogen and oxygen atoms in total. The van der Waals surface area contributed by atoms with E-state index in [0.717, 1.165) is 38.0 Å². The van der Waals surface area contributed by atoms with Crippen molar-refractivity contribution in [3.63, 3.8) is 0 Å². The number of guanidine groups is 2. The normalized spacial score (nSPS) is 19.2. The van der Waals surface area contributed by atoms with Crippen molar-refractivity contribution in [2.45, 2.75) is 39.5 Å². The minimum Gasteiger partial charge on any atom is -0.370 e. The molecule has 148 valence electrons. The highest BCUT2D eigenvalue weighted by Crippen LogP contribution is 2.15. The molecule has 0 aliphatic carbocycles. The van der Waals surface area contributed by atoms with Crippen LogP contribution in [0.1, 0.15) is 39.5 Å². The Morgan fingerprint density at radius 2 is 1.04 bits per heavy atom. The number of nitrogens with zero attached hydrogens (tertiary/aromatic N) is 2. The summed E-state index contributed by atoms with van der Waals surface area (Å²) in [7, 11) is -4.67. The summed E-state index contributed by atoms with van der Waals surface area (Å²) < 4.78 is 31.6. The van der Waals surface area contributed by atoms with Crippen LogP contribution in [0.2, 0.25) is 0 Å². The molecular weight excluding hydrogens is 348 g/mol. The molecule has 2 saturated heterocycles. The zero-order chi connectivity index (χ0) is 19.6. The van der Waals surface area contributed by atoms with Crippen LogP contribution in [-0.2, 0) is 10.4 Å². The van der Waals surface area contributed by atoms with Crippen molar-refractivity contribution in [2.24, 2.45) is 23.3 Å². The molecule has 11 heteroatoms. The highest BCUT2D eigenvalue weighted by molar-refractivity contribution is 7.79. The van der Waals surface area contributed by atoms with Crippen LogP contribution in [0, 0.1) is 22.7 Å². The Labute approximate surface area is 150 Å². The Morgan fingerprint density at radius 3 is 1.20 bits per heavy atom. The van der Waals surface area contributed by atoms with Crippen LogP contribution in [0.25, 0.3) is 0 Å². The molecule has 0 radical (unpaired) electrons. The first kappa shape index (κ1) is 23.4. The number of hydrogen-bond donors (Lipinski definition) is 6. The Balaban J connectivity index is 0.000000368. The maximum atomic E-state index is 8.74. The second-order valence-corrected chi connectivity index (χ2v) is 7.45. The van der Waals surface area contributed by atoms with E-state index in [-0.39, 0.29) is 11.9 Å². The van der Waals surface area contributed by atoms with Crippen molar-refractivity contribution in [1.29, 1.82) is 10.8 Å². The molecule has 0 spiro atoms. The van der Waals surface area contributed by atoms with Gasteiger partial charge in [-0.1, -0.05) is 13.8 Å². The fourth-order valence-electron chi connectivity index (χ4n) is 2.50. The molecule has 25 heavy (non-hydrogen) atoms. The first-order valence-electron chi connectivity index (χ1n) is 8.28. The van der Waals surface area contributed by atoms with E-state index in [1.165, 1.54) is 25.7 Å². The van der Waals surface area contributed by atoms with Crippen molar-refractivity contribution in [2.75, 3.05) is 26.2 Å². The molecule has 0 bridgehead atoms. The van der Waals surface area contributed by atoms with Gasteiger partial charge in [0.25, 0.3) is 0 Å². The predicted octanol–water partition coefficient (Wildman–Crippen LogP) is 0.571. The summed E-state index contributed by atoms with van der Waals surface area (Å²) in [6.45, 7) is 8.37. The van der Waals surface area contributed by atoms with Crippen LogP contribution < -0.4 is 11.5 Å². The second-order valence-electron chi connectivity index (χ2n) is 6.56. The van der Waals surface area contributed by atoms with Gasteiger partial charge in [-0.05, 0) is 37.5 Å². The summed E-state index contributed by atoms with van der Waals surface area (Å²) in [6.07, 6.45) is 4.72. The minimum absolute atomic E-state index is 0.229. The summed E-state index contributed by atoms with van der Waals surface area (Å²) >= 11 is 0. The first-order valence-corrected chi connectivity index (χ1v) is 9.67. The van der Waals surface area contributed by atoms with Gasteiger partial charge in [-0.3, -0.25) is 19.9 Å². The van der Waals surface area contributed by atoms with Gasteiger partial charge in [0.2, 0.25) is 0 Å². The lowest BCUT2D eigenvalue weighted by molar-refractivity contribution is 0.277. The van der Waals surface area contributed by atoms with Crippen molar-refractivity contribution >= 4 is 22.3 Å². The Hall–Kier alpha value is -1.59. The lowest BCUT2D eigenvalue weighted by atomic mass is 10.00. The van der Waals surface area contributed by atoms with E-state index in [1.54, 1.807) is 0 Å². The van der Waals surface area contributed by atoms with Gasteiger partial charge < -0.3 is 21.3 Å². The lowest BCUT2D eigenvalue weighted by Gasteiger charge is -2.30. The average Bonchev–Trinajstić information content (AvgIpc) is 2.47. The standard InChI is InChI=1S/2C7H15N3.H2O4S/c2*1-6-2-4-10(5-3-6)7(8)9;1-5(2,3)4/h2*6H,2-5H2,1H3,(H3,8,9);(H2,1,2,3,4). The van der Waals surface area contributed by atoms with Gasteiger partial charge in [0.15, 0.2) is 11.9 Å². The van der Waals surface area contributed by atoms with Crippen LogP contribution >= 0.6 is 0 Å². The SMILES string of the molecule is CC1CCN(C(=N)N)CC1.CC1CCN(C(=N)N)CC1.O=S(=O)(O)O. The van der Waals surface area contributed by atoms with E-state index in [1.807, 2.05) is 9.80 Å². The number of piperidine rings is 2. The third-order valence-corrected chi connectivity index (χ3v) is 4.25. The van der Waals surface area contributed by atoms with Gasteiger partial charge in [0.05, 0.1) is 0 Å². The molecule has 0 atom stereocenters. The topological polar surface area (TPSA) is 181 Å². The molecule has 2 heterocycles. The molecule has 2 aliphatic rings. The van der Waals surface area contributed by atoms with Crippen LogP contribution in [0.15, 0.2) is 0 Å².